The van der Waals surface area contributed by atoms with E-state index in [0.29, 0.717) is 23.2 Å². The molecule has 0 radical (unpaired) electrons. The molecule has 0 saturated carbocycles. The predicted molar refractivity (Wildman–Crippen MR) is 108 cm³/mol. The topological polar surface area (TPSA) is 64.2 Å². The summed E-state index contributed by atoms with van der Waals surface area (Å²) in [4.78, 5) is 24.8. The number of benzene rings is 3. The van der Waals surface area contributed by atoms with Crippen LogP contribution in [0.1, 0.15) is 27.0 Å². The third-order valence-corrected chi connectivity index (χ3v) is 4.72. The Labute approximate surface area is 166 Å². The number of nitrogens with zero attached hydrogens (tertiary/aromatic N) is 1. The zero-order chi connectivity index (χ0) is 20.4. The van der Waals surface area contributed by atoms with Crippen molar-refractivity contribution < 1.29 is 13.6 Å². The maximum Gasteiger partial charge on any atom is 0.420 e. The summed E-state index contributed by atoms with van der Waals surface area (Å²) in [6.07, 6.45) is 0. The lowest BCUT2D eigenvalue weighted by molar-refractivity contribution is 0.0951. The molecule has 4 rings (SSSR count). The van der Waals surface area contributed by atoms with E-state index in [4.69, 9.17) is 4.42 Å². The summed E-state index contributed by atoms with van der Waals surface area (Å²) >= 11 is 0. The molecule has 0 spiro atoms. The van der Waals surface area contributed by atoms with Crippen LogP contribution in [0.25, 0.3) is 11.1 Å². The van der Waals surface area contributed by atoms with Crippen LogP contribution in [0.3, 0.4) is 0 Å². The zero-order valence-corrected chi connectivity index (χ0v) is 15.8. The number of fused-ring (bicyclic) bond motifs is 1. The fourth-order valence-electron chi connectivity index (χ4n) is 3.23. The molecule has 1 N–H and O–H groups in total. The lowest BCUT2D eigenvalue weighted by Gasteiger charge is -2.07. The van der Waals surface area contributed by atoms with Crippen LogP contribution in [-0.4, -0.2) is 10.5 Å². The summed E-state index contributed by atoms with van der Waals surface area (Å²) in [6.45, 7) is 2.63. The number of carbonyl (C=O) groups excluding carboxylic acids is 1. The van der Waals surface area contributed by atoms with E-state index in [1.807, 2.05) is 31.2 Å². The highest BCUT2D eigenvalue weighted by molar-refractivity contribution is 5.97. The Balaban J connectivity index is 1.58. The number of hydrogen-bond donors (Lipinski definition) is 1. The number of hydrogen-bond acceptors (Lipinski definition) is 3. The zero-order valence-electron chi connectivity index (χ0n) is 15.8. The highest BCUT2D eigenvalue weighted by Crippen LogP contribution is 2.17. The molecule has 1 heterocycles. The van der Waals surface area contributed by atoms with Gasteiger partial charge in [-0.2, -0.15) is 0 Å². The van der Waals surface area contributed by atoms with Crippen molar-refractivity contribution in [2.75, 3.05) is 0 Å². The van der Waals surface area contributed by atoms with E-state index in [9.17, 15) is 14.0 Å². The highest BCUT2D eigenvalue weighted by Gasteiger charge is 2.13. The molecule has 0 fully saturated rings. The molecular weight excluding hydrogens is 371 g/mol. The molecule has 29 heavy (non-hydrogen) atoms. The van der Waals surface area contributed by atoms with Gasteiger partial charge in [-0.25, -0.2) is 9.18 Å². The molecule has 146 valence electrons. The molecular formula is C23H19FN2O3. The predicted octanol–water partition coefficient (Wildman–Crippen LogP) is 4.02. The van der Waals surface area contributed by atoms with Crippen molar-refractivity contribution >= 4 is 17.0 Å². The van der Waals surface area contributed by atoms with Crippen molar-refractivity contribution in [2.24, 2.45) is 0 Å². The van der Waals surface area contributed by atoms with Crippen molar-refractivity contribution in [3.8, 4) is 0 Å². The van der Waals surface area contributed by atoms with E-state index in [0.717, 1.165) is 16.7 Å². The number of oxazole rings is 1. The van der Waals surface area contributed by atoms with Gasteiger partial charge in [-0.3, -0.25) is 9.36 Å². The van der Waals surface area contributed by atoms with Gasteiger partial charge in [0.05, 0.1) is 12.1 Å². The molecule has 0 unspecified atom stereocenters. The first kappa shape index (κ1) is 18.7. The van der Waals surface area contributed by atoms with Gasteiger partial charge >= 0.3 is 5.76 Å². The minimum absolute atomic E-state index is 0.223. The molecule has 0 bridgehead atoms. The van der Waals surface area contributed by atoms with Gasteiger partial charge in [0.25, 0.3) is 5.91 Å². The first-order valence-electron chi connectivity index (χ1n) is 9.21. The summed E-state index contributed by atoms with van der Waals surface area (Å²) in [6, 6.07) is 18.7. The Morgan fingerprint density at radius 2 is 1.83 bits per heavy atom. The molecule has 6 heteroatoms. The SMILES string of the molecule is Cc1cccc(CNC(=O)c2ccc3oc(=O)n(Cc4ccc(F)cc4)c3c2)c1. The number of amides is 1. The van der Waals surface area contributed by atoms with Crippen LogP contribution in [0.2, 0.25) is 0 Å². The van der Waals surface area contributed by atoms with Gasteiger partial charge in [0.1, 0.15) is 5.82 Å². The quantitative estimate of drug-likeness (QED) is 0.560. The van der Waals surface area contributed by atoms with Gasteiger partial charge < -0.3 is 9.73 Å². The van der Waals surface area contributed by atoms with Crippen LogP contribution in [0, 0.1) is 12.7 Å². The molecule has 3 aromatic carbocycles. The maximum atomic E-state index is 13.1. The van der Waals surface area contributed by atoms with Crippen LogP contribution in [0.4, 0.5) is 4.39 Å². The summed E-state index contributed by atoms with van der Waals surface area (Å²) in [5, 5.41) is 2.89. The van der Waals surface area contributed by atoms with E-state index in [2.05, 4.69) is 5.32 Å². The van der Waals surface area contributed by atoms with Crippen molar-refractivity contribution in [2.45, 2.75) is 20.0 Å². The van der Waals surface area contributed by atoms with Gasteiger partial charge in [0, 0.05) is 12.1 Å². The largest absolute Gasteiger partial charge is 0.420 e. The lowest BCUT2D eigenvalue weighted by Crippen LogP contribution is -2.23. The van der Waals surface area contributed by atoms with Crippen molar-refractivity contribution in [1.82, 2.24) is 9.88 Å². The van der Waals surface area contributed by atoms with Gasteiger partial charge in [-0.15, -0.1) is 0 Å². The number of nitrogens with one attached hydrogen (secondary N) is 1. The van der Waals surface area contributed by atoms with Crippen LogP contribution in [-0.2, 0) is 13.1 Å². The molecule has 0 atom stereocenters. The third kappa shape index (κ3) is 4.11. The average Bonchev–Trinajstić information content (AvgIpc) is 3.02. The van der Waals surface area contributed by atoms with Crippen molar-refractivity contribution in [3.63, 3.8) is 0 Å². The Bertz CT molecular complexity index is 1240. The van der Waals surface area contributed by atoms with Crippen LogP contribution >= 0.6 is 0 Å². The van der Waals surface area contributed by atoms with E-state index in [-0.39, 0.29) is 18.3 Å². The van der Waals surface area contributed by atoms with Gasteiger partial charge in [-0.1, -0.05) is 42.0 Å². The van der Waals surface area contributed by atoms with Crippen LogP contribution in [0.5, 0.6) is 0 Å². The minimum atomic E-state index is -0.526. The maximum absolute atomic E-state index is 13.1. The Morgan fingerprint density at radius 3 is 2.59 bits per heavy atom. The average molecular weight is 390 g/mol. The Morgan fingerprint density at radius 1 is 1.03 bits per heavy atom. The Hall–Kier alpha value is -3.67. The first-order valence-corrected chi connectivity index (χ1v) is 9.21. The summed E-state index contributed by atoms with van der Waals surface area (Å²) < 4.78 is 19.8. The second-order valence-corrected chi connectivity index (χ2v) is 6.93. The number of carbonyl (C=O) groups is 1. The summed E-state index contributed by atoms with van der Waals surface area (Å²) in [5.41, 5.74) is 4.23. The molecule has 5 nitrogen and oxygen atoms in total. The van der Waals surface area contributed by atoms with Crippen LogP contribution in [0.15, 0.2) is 75.9 Å². The van der Waals surface area contributed by atoms with Gasteiger partial charge in [0.15, 0.2) is 5.58 Å². The second-order valence-electron chi connectivity index (χ2n) is 6.93. The molecule has 1 amide bonds. The highest BCUT2D eigenvalue weighted by atomic mass is 19.1. The van der Waals surface area contributed by atoms with E-state index >= 15 is 0 Å². The standard InChI is InChI=1S/C23H19FN2O3/c1-15-3-2-4-17(11-15)13-25-22(27)18-7-10-21-20(12-18)26(23(28)29-21)14-16-5-8-19(24)9-6-16/h2-12H,13-14H2,1H3,(H,25,27). The van der Waals surface area contributed by atoms with Gasteiger partial charge in [0.2, 0.25) is 0 Å². The first-order chi connectivity index (χ1) is 14.0. The van der Waals surface area contributed by atoms with Crippen LogP contribution < -0.4 is 11.1 Å². The fraction of sp³-hybridized carbons (Fsp3) is 0.130. The second kappa shape index (κ2) is 7.75. The normalized spacial score (nSPS) is 11.0. The summed E-state index contributed by atoms with van der Waals surface area (Å²) in [5.74, 6) is -1.11. The molecule has 0 aliphatic rings. The number of halogens is 1. The lowest BCUT2D eigenvalue weighted by atomic mass is 10.1. The van der Waals surface area contributed by atoms with E-state index < -0.39 is 5.76 Å². The van der Waals surface area contributed by atoms with Crippen molar-refractivity contribution in [1.29, 1.82) is 0 Å². The van der Waals surface area contributed by atoms with Crippen molar-refractivity contribution in [3.05, 3.63) is 105 Å². The Kier molecular flexibility index (Phi) is 4.99. The molecule has 0 aliphatic heterocycles. The summed E-state index contributed by atoms with van der Waals surface area (Å²) in [7, 11) is 0. The smallest absolute Gasteiger partial charge is 0.408 e. The monoisotopic (exact) mass is 390 g/mol. The third-order valence-electron chi connectivity index (χ3n) is 4.72. The molecule has 0 aliphatic carbocycles. The molecule has 0 saturated heterocycles. The minimum Gasteiger partial charge on any atom is -0.408 e. The number of aryl methyl sites for hydroxylation is 1. The van der Waals surface area contributed by atoms with E-state index in [1.54, 1.807) is 30.3 Å². The number of aromatic nitrogens is 1. The van der Waals surface area contributed by atoms with Gasteiger partial charge in [-0.05, 0) is 48.4 Å². The van der Waals surface area contributed by atoms with E-state index in [1.165, 1.54) is 16.7 Å². The molecule has 1 aromatic heterocycles. The molecule has 4 aromatic rings. The fourth-order valence-corrected chi connectivity index (χ4v) is 3.23. The number of rotatable bonds is 5.